The van der Waals surface area contributed by atoms with Crippen molar-refractivity contribution in [1.29, 1.82) is 0 Å². The number of carbonyl (C=O) groups excluding carboxylic acids is 1. The van der Waals surface area contributed by atoms with Crippen molar-refractivity contribution < 1.29 is 9.53 Å². The lowest BCUT2D eigenvalue weighted by molar-refractivity contribution is -0.128. The Bertz CT molecular complexity index is 742. The van der Waals surface area contributed by atoms with Gasteiger partial charge in [-0.1, -0.05) is 49.9 Å². The summed E-state index contributed by atoms with van der Waals surface area (Å²) in [7, 11) is 0. The Hall–Kier alpha value is -2.37. The number of hydrogen-bond donors (Lipinski definition) is 0. The molecule has 1 amide bonds. The van der Waals surface area contributed by atoms with Crippen LogP contribution in [0.3, 0.4) is 0 Å². The van der Waals surface area contributed by atoms with Crippen LogP contribution in [0.5, 0.6) is 5.75 Å². The molecule has 2 fully saturated rings. The SMILES string of the molecule is C=C/C=C(\C=C)C(=O)N1CCN(Cc2ccc(OCCCN3CCCCC3)cc2)CC1. The summed E-state index contributed by atoms with van der Waals surface area (Å²) in [5.41, 5.74) is 1.88. The molecular formula is C26H37N3O2. The molecule has 2 saturated heterocycles. The molecule has 2 aliphatic heterocycles. The van der Waals surface area contributed by atoms with Gasteiger partial charge in [-0.2, -0.15) is 0 Å². The lowest BCUT2D eigenvalue weighted by Gasteiger charge is -2.35. The van der Waals surface area contributed by atoms with Crippen molar-refractivity contribution in [3.05, 3.63) is 66.8 Å². The highest BCUT2D eigenvalue weighted by atomic mass is 16.5. The largest absolute Gasteiger partial charge is 0.494 e. The first-order valence-corrected chi connectivity index (χ1v) is 11.6. The van der Waals surface area contributed by atoms with Crippen LogP contribution >= 0.6 is 0 Å². The molecule has 0 aromatic heterocycles. The summed E-state index contributed by atoms with van der Waals surface area (Å²) in [6.45, 7) is 15.9. The number of nitrogens with zero attached hydrogens (tertiary/aromatic N) is 3. The predicted octanol–water partition coefficient (Wildman–Crippen LogP) is 3.88. The zero-order valence-corrected chi connectivity index (χ0v) is 18.8. The molecule has 0 spiro atoms. The average Bonchev–Trinajstić information content (AvgIpc) is 2.82. The van der Waals surface area contributed by atoms with Gasteiger partial charge in [0, 0.05) is 44.8 Å². The van der Waals surface area contributed by atoms with E-state index >= 15 is 0 Å². The molecule has 31 heavy (non-hydrogen) atoms. The van der Waals surface area contributed by atoms with Crippen LogP contribution in [-0.2, 0) is 11.3 Å². The molecule has 0 radical (unpaired) electrons. The van der Waals surface area contributed by atoms with E-state index in [9.17, 15) is 4.79 Å². The third-order valence-corrected chi connectivity index (χ3v) is 6.09. The van der Waals surface area contributed by atoms with E-state index in [4.69, 9.17) is 4.74 Å². The Labute approximate surface area is 187 Å². The summed E-state index contributed by atoms with van der Waals surface area (Å²) in [5, 5.41) is 0. The van der Waals surface area contributed by atoms with Crippen LogP contribution in [0.2, 0.25) is 0 Å². The van der Waals surface area contributed by atoms with Crippen molar-refractivity contribution in [1.82, 2.24) is 14.7 Å². The summed E-state index contributed by atoms with van der Waals surface area (Å²) in [6.07, 6.45) is 10.1. The topological polar surface area (TPSA) is 36.0 Å². The lowest BCUT2D eigenvalue weighted by Crippen LogP contribution is -2.48. The van der Waals surface area contributed by atoms with Gasteiger partial charge in [-0.25, -0.2) is 0 Å². The normalized spacial score (nSPS) is 18.6. The fourth-order valence-electron chi connectivity index (χ4n) is 4.26. The molecule has 0 saturated carbocycles. The van der Waals surface area contributed by atoms with Crippen LogP contribution in [0.1, 0.15) is 31.2 Å². The highest BCUT2D eigenvalue weighted by Gasteiger charge is 2.22. The number of hydrogen-bond acceptors (Lipinski definition) is 4. The maximum atomic E-state index is 12.5. The molecule has 0 aliphatic carbocycles. The van der Waals surface area contributed by atoms with Crippen LogP contribution in [0.15, 0.2) is 61.2 Å². The van der Waals surface area contributed by atoms with Crippen molar-refractivity contribution in [3.63, 3.8) is 0 Å². The number of rotatable bonds is 10. The smallest absolute Gasteiger partial charge is 0.253 e. The van der Waals surface area contributed by atoms with E-state index in [0.29, 0.717) is 5.57 Å². The van der Waals surface area contributed by atoms with Gasteiger partial charge in [0.1, 0.15) is 5.75 Å². The quantitative estimate of drug-likeness (QED) is 0.325. The van der Waals surface area contributed by atoms with Crippen molar-refractivity contribution >= 4 is 5.91 Å². The molecule has 1 aromatic rings. The molecule has 3 rings (SSSR count). The Morgan fingerprint density at radius 2 is 1.65 bits per heavy atom. The van der Waals surface area contributed by atoms with Gasteiger partial charge < -0.3 is 14.5 Å². The standard InChI is InChI=1S/C26H37N3O2/c1-3-9-24(4-2)26(30)29-19-17-28(18-20-29)22-23-10-12-25(13-11-23)31-21-8-16-27-14-6-5-7-15-27/h3-4,9-13H,1-2,5-8,14-22H2/b24-9+. The Kier molecular flexibility index (Phi) is 9.38. The van der Waals surface area contributed by atoms with Crippen molar-refractivity contribution in [3.8, 4) is 5.75 Å². The van der Waals surface area contributed by atoms with E-state index in [1.54, 1.807) is 18.2 Å². The monoisotopic (exact) mass is 423 g/mol. The van der Waals surface area contributed by atoms with Crippen molar-refractivity contribution in [2.24, 2.45) is 0 Å². The summed E-state index contributed by atoms with van der Waals surface area (Å²) in [6, 6.07) is 8.46. The van der Waals surface area contributed by atoms with E-state index in [2.05, 4.69) is 47.2 Å². The third kappa shape index (κ3) is 7.37. The van der Waals surface area contributed by atoms with Gasteiger partial charge in [-0.3, -0.25) is 9.69 Å². The number of allylic oxidation sites excluding steroid dienone is 2. The summed E-state index contributed by atoms with van der Waals surface area (Å²) in [5.74, 6) is 0.986. The second kappa shape index (κ2) is 12.5. The number of benzene rings is 1. The van der Waals surface area contributed by atoms with E-state index < -0.39 is 0 Å². The molecule has 0 N–H and O–H groups in total. The Morgan fingerprint density at radius 3 is 2.29 bits per heavy atom. The molecule has 5 nitrogen and oxygen atoms in total. The number of carbonyl (C=O) groups is 1. The van der Waals surface area contributed by atoms with Gasteiger partial charge in [-0.05, 0) is 50.0 Å². The van der Waals surface area contributed by atoms with E-state index in [1.165, 1.54) is 37.9 Å². The zero-order chi connectivity index (χ0) is 21.9. The maximum Gasteiger partial charge on any atom is 0.253 e. The molecule has 0 unspecified atom stereocenters. The second-order valence-electron chi connectivity index (χ2n) is 8.38. The molecule has 0 bridgehead atoms. The van der Waals surface area contributed by atoms with Crippen LogP contribution in [-0.4, -0.2) is 73.0 Å². The van der Waals surface area contributed by atoms with Crippen LogP contribution in [0, 0.1) is 0 Å². The van der Waals surface area contributed by atoms with Gasteiger partial charge in [0.15, 0.2) is 0 Å². The Balaban J connectivity index is 1.36. The molecule has 5 heteroatoms. The zero-order valence-electron chi connectivity index (χ0n) is 18.8. The van der Waals surface area contributed by atoms with Crippen molar-refractivity contribution in [2.45, 2.75) is 32.2 Å². The fourth-order valence-corrected chi connectivity index (χ4v) is 4.26. The Morgan fingerprint density at radius 1 is 0.935 bits per heavy atom. The molecule has 0 atom stereocenters. The van der Waals surface area contributed by atoms with Crippen LogP contribution < -0.4 is 4.74 Å². The molecule has 2 heterocycles. The number of amides is 1. The minimum absolute atomic E-state index is 0.0383. The van der Waals surface area contributed by atoms with Gasteiger partial charge in [0.05, 0.1) is 6.61 Å². The number of likely N-dealkylation sites (tertiary alicyclic amines) is 1. The first kappa shape index (κ1) is 23.3. The average molecular weight is 424 g/mol. The summed E-state index contributed by atoms with van der Waals surface area (Å²) in [4.78, 5) is 19.4. The third-order valence-electron chi connectivity index (χ3n) is 6.09. The number of ether oxygens (including phenoxy) is 1. The first-order chi connectivity index (χ1) is 15.2. The van der Waals surface area contributed by atoms with Gasteiger partial charge in [-0.15, -0.1) is 0 Å². The molecule has 168 valence electrons. The minimum atomic E-state index is 0.0383. The van der Waals surface area contributed by atoms with E-state index in [-0.39, 0.29) is 5.91 Å². The second-order valence-corrected chi connectivity index (χ2v) is 8.38. The molecular weight excluding hydrogens is 386 g/mol. The maximum absolute atomic E-state index is 12.5. The van der Waals surface area contributed by atoms with E-state index in [0.717, 1.165) is 58.0 Å². The van der Waals surface area contributed by atoms with Gasteiger partial charge in [0.2, 0.25) is 0 Å². The number of piperidine rings is 1. The summed E-state index contributed by atoms with van der Waals surface area (Å²) >= 11 is 0. The fraction of sp³-hybridized carbons (Fsp3) is 0.500. The van der Waals surface area contributed by atoms with Crippen LogP contribution in [0.4, 0.5) is 0 Å². The van der Waals surface area contributed by atoms with Gasteiger partial charge in [0.25, 0.3) is 5.91 Å². The lowest BCUT2D eigenvalue weighted by atomic mass is 10.1. The highest BCUT2D eigenvalue weighted by molar-refractivity contribution is 5.96. The molecule has 1 aromatic carbocycles. The van der Waals surface area contributed by atoms with Crippen LogP contribution in [0.25, 0.3) is 0 Å². The number of piperazine rings is 1. The first-order valence-electron chi connectivity index (χ1n) is 11.6. The van der Waals surface area contributed by atoms with E-state index in [1.807, 2.05) is 4.90 Å². The highest BCUT2D eigenvalue weighted by Crippen LogP contribution is 2.16. The minimum Gasteiger partial charge on any atom is -0.494 e. The van der Waals surface area contributed by atoms with Crippen molar-refractivity contribution in [2.75, 3.05) is 52.4 Å². The summed E-state index contributed by atoms with van der Waals surface area (Å²) < 4.78 is 5.93. The molecule has 2 aliphatic rings. The van der Waals surface area contributed by atoms with Gasteiger partial charge >= 0.3 is 0 Å². The predicted molar refractivity (Wildman–Crippen MR) is 127 cm³/mol.